The Morgan fingerprint density at radius 2 is 1.75 bits per heavy atom. The zero-order valence-corrected chi connectivity index (χ0v) is 19.6. The molecule has 4 rings (SSSR count). The van der Waals surface area contributed by atoms with Crippen molar-refractivity contribution in [3.05, 3.63) is 104 Å². The van der Waals surface area contributed by atoms with Crippen LogP contribution in [0, 0.1) is 0 Å². The Morgan fingerprint density at radius 1 is 1.03 bits per heavy atom. The summed E-state index contributed by atoms with van der Waals surface area (Å²) in [7, 11) is 0. The van der Waals surface area contributed by atoms with E-state index in [4.69, 9.17) is 40.2 Å². The van der Waals surface area contributed by atoms with Crippen molar-refractivity contribution in [3.8, 4) is 5.75 Å². The number of thiocarbonyl (C=S) groups is 1. The molecule has 32 heavy (non-hydrogen) atoms. The van der Waals surface area contributed by atoms with Crippen LogP contribution in [-0.4, -0.2) is 21.1 Å². The number of hydrogen-bond donors (Lipinski definition) is 0. The zero-order valence-electron chi connectivity index (χ0n) is 16.5. The van der Waals surface area contributed by atoms with Crippen molar-refractivity contribution in [1.82, 2.24) is 4.90 Å². The number of amides is 1. The minimum Gasteiger partial charge on any atom is -0.423 e. The molecule has 0 spiro atoms. The number of carbonyl (C=O) groups excluding carboxylic acids is 2. The molecule has 0 aromatic heterocycles. The van der Waals surface area contributed by atoms with Gasteiger partial charge in [0.25, 0.3) is 5.91 Å². The average Bonchev–Trinajstić information content (AvgIpc) is 3.03. The van der Waals surface area contributed by atoms with Crippen LogP contribution in [0.3, 0.4) is 0 Å². The minimum atomic E-state index is -0.582. The van der Waals surface area contributed by atoms with Crippen LogP contribution in [0.4, 0.5) is 0 Å². The van der Waals surface area contributed by atoms with E-state index in [1.807, 2.05) is 30.3 Å². The molecule has 0 atom stereocenters. The fourth-order valence-corrected chi connectivity index (χ4v) is 4.74. The van der Waals surface area contributed by atoms with Crippen molar-refractivity contribution in [1.29, 1.82) is 0 Å². The first-order valence-corrected chi connectivity index (χ1v) is 11.5. The Bertz CT molecular complexity index is 1230. The zero-order chi connectivity index (χ0) is 22.7. The molecule has 0 radical (unpaired) electrons. The third-order valence-electron chi connectivity index (χ3n) is 4.60. The second kappa shape index (κ2) is 9.88. The molecule has 1 fully saturated rings. The Hall–Kier alpha value is -2.64. The van der Waals surface area contributed by atoms with E-state index in [-0.39, 0.29) is 16.5 Å². The maximum Gasteiger partial charge on any atom is 0.345 e. The fourth-order valence-electron chi connectivity index (χ4n) is 3.00. The van der Waals surface area contributed by atoms with Crippen molar-refractivity contribution in [3.63, 3.8) is 0 Å². The van der Waals surface area contributed by atoms with Gasteiger partial charge in [-0.05, 0) is 47.5 Å². The third kappa shape index (κ3) is 5.22. The highest BCUT2D eigenvalue weighted by molar-refractivity contribution is 8.26. The van der Waals surface area contributed by atoms with Gasteiger partial charge in [-0.15, -0.1) is 0 Å². The second-order valence-electron chi connectivity index (χ2n) is 6.84. The normalized spacial score (nSPS) is 14.8. The van der Waals surface area contributed by atoms with E-state index < -0.39 is 5.97 Å². The van der Waals surface area contributed by atoms with E-state index in [0.717, 1.165) is 11.1 Å². The first kappa shape index (κ1) is 22.6. The van der Waals surface area contributed by atoms with Crippen LogP contribution in [0.15, 0.2) is 77.7 Å². The second-order valence-corrected chi connectivity index (χ2v) is 9.36. The molecular weight excluding hydrogens is 485 g/mol. The molecule has 0 aliphatic carbocycles. The van der Waals surface area contributed by atoms with E-state index in [2.05, 4.69) is 0 Å². The Kier molecular flexibility index (Phi) is 6.96. The number of thioether (sulfide) groups is 1. The predicted molar refractivity (Wildman–Crippen MR) is 133 cm³/mol. The van der Waals surface area contributed by atoms with Crippen molar-refractivity contribution in [2.45, 2.75) is 6.54 Å². The maximum absolute atomic E-state index is 12.8. The number of esters is 1. The van der Waals surface area contributed by atoms with Gasteiger partial charge in [-0.3, -0.25) is 9.69 Å². The van der Waals surface area contributed by atoms with E-state index in [9.17, 15) is 9.59 Å². The fraction of sp³-hybridized carbons (Fsp3) is 0.0417. The monoisotopic (exact) mass is 499 g/mol. The van der Waals surface area contributed by atoms with Crippen molar-refractivity contribution >= 4 is 69.5 Å². The molecule has 0 saturated carbocycles. The van der Waals surface area contributed by atoms with Crippen LogP contribution < -0.4 is 4.74 Å². The lowest BCUT2D eigenvalue weighted by molar-refractivity contribution is -0.122. The van der Waals surface area contributed by atoms with Gasteiger partial charge >= 0.3 is 5.97 Å². The van der Waals surface area contributed by atoms with Gasteiger partial charge in [-0.2, -0.15) is 0 Å². The molecule has 1 amide bonds. The number of carbonyl (C=O) groups is 2. The standard InChI is InChI=1S/C24H15Cl2NO3S2/c25-17-8-11-19(20(26)13-17)23(29)30-18-9-6-15(7-10-18)12-21-22(28)27(24(31)32-21)14-16-4-2-1-3-5-16/h1-13H,14H2/b21-12-. The molecule has 1 aliphatic heterocycles. The van der Waals surface area contributed by atoms with E-state index >= 15 is 0 Å². The van der Waals surface area contributed by atoms with Gasteiger partial charge in [-0.25, -0.2) is 4.79 Å². The summed E-state index contributed by atoms with van der Waals surface area (Å²) in [5, 5.41) is 0.654. The summed E-state index contributed by atoms with van der Waals surface area (Å²) in [5.74, 6) is -0.354. The van der Waals surface area contributed by atoms with E-state index in [1.54, 1.807) is 41.3 Å². The third-order valence-corrected chi connectivity index (χ3v) is 6.52. The first-order chi connectivity index (χ1) is 15.4. The van der Waals surface area contributed by atoms with Gasteiger partial charge in [0, 0.05) is 5.02 Å². The predicted octanol–water partition coefficient (Wildman–Crippen LogP) is 6.61. The lowest BCUT2D eigenvalue weighted by Gasteiger charge is -2.14. The van der Waals surface area contributed by atoms with Gasteiger partial charge in [0.2, 0.25) is 0 Å². The highest BCUT2D eigenvalue weighted by Gasteiger charge is 2.31. The molecule has 4 nitrogen and oxygen atoms in total. The van der Waals surface area contributed by atoms with Crippen LogP contribution in [0.1, 0.15) is 21.5 Å². The molecule has 1 saturated heterocycles. The van der Waals surface area contributed by atoms with Crippen molar-refractivity contribution < 1.29 is 14.3 Å². The molecular formula is C24H15Cl2NO3S2. The van der Waals surface area contributed by atoms with Gasteiger partial charge in [0.15, 0.2) is 0 Å². The summed E-state index contributed by atoms with van der Waals surface area (Å²) in [5.41, 5.74) is 2.02. The SMILES string of the molecule is O=C(Oc1ccc(/C=C2\SC(=S)N(Cc3ccccc3)C2=O)cc1)c1ccc(Cl)cc1Cl. The molecule has 0 bridgehead atoms. The lowest BCUT2D eigenvalue weighted by atomic mass is 10.2. The summed E-state index contributed by atoms with van der Waals surface area (Å²) >= 11 is 18.6. The van der Waals surface area contributed by atoms with Gasteiger partial charge in [0.05, 0.1) is 22.0 Å². The largest absolute Gasteiger partial charge is 0.423 e. The molecule has 8 heteroatoms. The van der Waals surface area contributed by atoms with E-state index in [1.165, 1.54) is 23.9 Å². The quantitative estimate of drug-likeness (QED) is 0.171. The Labute approximate surface area is 204 Å². The number of hydrogen-bond acceptors (Lipinski definition) is 5. The summed E-state index contributed by atoms with van der Waals surface area (Å²) in [6.45, 7) is 0.436. The number of benzene rings is 3. The first-order valence-electron chi connectivity index (χ1n) is 9.47. The highest BCUT2D eigenvalue weighted by atomic mass is 35.5. The van der Waals surface area contributed by atoms with Gasteiger partial charge in [-0.1, -0.05) is 89.6 Å². The maximum atomic E-state index is 12.8. The van der Waals surface area contributed by atoms with Crippen LogP contribution in [0.25, 0.3) is 6.08 Å². The molecule has 0 N–H and O–H groups in total. The Balaban J connectivity index is 1.44. The number of halogens is 2. The van der Waals surface area contributed by atoms with Crippen molar-refractivity contribution in [2.24, 2.45) is 0 Å². The minimum absolute atomic E-state index is 0.128. The molecule has 3 aromatic carbocycles. The number of rotatable bonds is 5. The Morgan fingerprint density at radius 3 is 2.44 bits per heavy atom. The smallest absolute Gasteiger partial charge is 0.345 e. The van der Waals surface area contributed by atoms with E-state index in [0.29, 0.717) is 26.5 Å². The molecule has 0 unspecified atom stereocenters. The average molecular weight is 500 g/mol. The lowest BCUT2D eigenvalue weighted by Crippen LogP contribution is -2.27. The summed E-state index contributed by atoms with van der Waals surface area (Å²) in [6.07, 6.45) is 1.77. The highest BCUT2D eigenvalue weighted by Crippen LogP contribution is 2.34. The summed E-state index contributed by atoms with van der Waals surface area (Å²) in [4.78, 5) is 27.3. The topological polar surface area (TPSA) is 46.6 Å². The van der Waals surface area contributed by atoms with Crippen LogP contribution >= 0.6 is 47.2 Å². The molecule has 1 aliphatic rings. The van der Waals surface area contributed by atoms with Crippen LogP contribution in [-0.2, 0) is 11.3 Å². The molecule has 1 heterocycles. The van der Waals surface area contributed by atoms with Crippen LogP contribution in [0.5, 0.6) is 5.75 Å². The van der Waals surface area contributed by atoms with Gasteiger partial charge < -0.3 is 4.74 Å². The summed E-state index contributed by atoms with van der Waals surface area (Å²) < 4.78 is 5.90. The van der Waals surface area contributed by atoms with Gasteiger partial charge in [0.1, 0.15) is 10.1 Å². The summed E-state index contributed by atoms with van der Waals surface area (Å²) in [6, 6.07) is 21.1. The van der Waals surface area contributed by atoms with Crippen LogP contribution in [0.2, 0.25) is 10.0 Å². The number of nitrogens with zero attached hydrogens (tertiary/aromatic N) is 1. The number of ether oxygens (including phenoxy) is 1. The molecule has 3 aromatic rings. The van der Waals surface area contributed by atoms with Crippen molar-refractivity contribution in [2.75, 3.05) is 0 Å². The molecule has 160 valence electrons.